The van der Waals surface area contributed by atoms with Gasteiger partial charge in [-0.25, -0.2) is 19.6 Å². The highest BCUT2D eigenvalue weighted by molar-refractivity contribution is 6.78. The van der Waals surface area contributed by atoms with Crippen LogP contribution in [0.1, 0.15) is 78.1 Å². The fourth-order valence-corrected chi connectivity index (χ4v) is 11.1. The second-order valence-electron chi connectivity index (χ2n) is 17.6. The molecule has 3 aliphatic rings. The highest BCUT2D eigenvalue weighted by atomic mass is 35.5. The van der Waals surface area contributed by atoms with E-state index >= 15 is 0 Å². The molecule has 1 aliphatic carbocycles. The number of carbonyl (C=O) groups excluding carboxylic acids is 2. The molecule has 4 heterocycles. The number of piperidine rings is 1. The van der Waals surface area contributed by atoms with Crippen molar-refractivity contribution in [2.45, 2.75) is 103 Å². The van der Waals surface area contributed by atoms with E-state index in [1.807, 2.05) is 63.5 Å². The normalized spacial score (nSPS) is 22.6. The van der Waals surface area contributed by atoms with Crippen LogP contribution in [-0.2, 0) is 9.47 Å². The lowest BCUT2D eigenvalue weighted by molar-refractivity contribution is 0.0173. The first-order chi connectivity index (χ1) is 24.4. The van der Waals surface area contributed by atoms with E-state index in [9.17, 15) is 9.59 Å². The molecule has 12 heteroatoms. The van der Waals surface area contributed by atoms with Gasteiger partial charge >= 0.3 is 12.2 Å². The molecular weight excluding hydrogens is 692 g/mol. The summed E-state index contributed by atoms with van der Waals surface area (Å²) in [4.78, 5) is 46.8. The van der Waals surface area contributed by atoms with Crippen molar-refractivity contribution in [2.24, 2.45) is 5.92 Å². The molecule has 0 bridgehead atoms. The van der Waals surface area contributed by atoms with Gasteiger partial charge in [-0.15, -0.1) is 0 Å². The molecule has 2 aliphatic heterocycles. The molecule has 3 fully saturated rings. The number of H-pyrrole nitrogens is 2. The highest BCUT2D eigenvalue weighted by Crippen LogP contribution is 2.54. The third kappa shape index (κ3) is 6.57. The smallest absolute Gasteiger partial charge is 0.411 e. The lowest BCUT2D eigenvalue weighted by atomic mass is 9.99. The van der Waals surface area contributed by atoms with Crippen LogP contribution in [0.2, 0.25) is 24.3 Å². The van der Waals surface area contributed by atoms with E-state index in [-0.39, 0.29) is 30.3 Å². The van der Waals surface area contributed by atoms with Gasteiger partial charge in [0, 0.05) is 23.2 Å². The Morgan fingerprint density at radius 3 is 2.17 bits per heavy atom. The van der Waals surface area contributed by atoms with E-state index in [1.165, 1.54) is 0 Å². The van der Waals surface area contributed by atoms with Crippen LogP contribution < -0.4 is 0 Å². The number of benzene rings is 3. The first kappa shape index (κ1) is 34.7. The summed E-state index contributed by atoms with van der Waals surface area (Å²) in [6.45, 7) is 16.0. The van der Waals surface area contributed by atoms with Gasteiger partial charge in [-0.1, -0.05) is 67.2 Å². The van der Waals surface area contributed by atoms with E-state index < -0.39 is 19.3 Å². The van der Waals surface area contributed by atoms with E-state index in [1.54, 1.807) is 0 Å². The molecule has 10 nitrogen and oxygen atoms in total. The number of halogens is 1. The molecule has 2 amide bonds. The molecule has 0 unspecified atom stereocenters. The molecule has 0 spiro atoms. The summed E-state index contributed by atoms with van der Waals surface area (Å²) in [6.07, 6.45) is 2.03. The number of likely N-dealkylation sites (tertiary alicyclic amines) is 1. The van der Waals surface area contributed by atoms with Gasteiger partial charge < -0.3 is 24.3 Å². The van der Waals surface area contributed by atoms with Gasteiger partial charge in [0.05, 0.1) is 36.9 Å². The summed E-state index contributed by atoms with van der Waals surface area (Å²) in [5.41, 5.74) is 4.55. The number of hydrogen-bond donors (Lipinski definition) is 2. The van der Waals surface area contributed by atoms with Crippen LogP contribution in [0.25, 0.3) is 44.2 Å². The maximum Gasteiger partial charge on any atom is 0.411 e. The third-order valence-corrected chi connectivity index (χ3v) is 13.3. The van der Waals surface area contributed by atoms with Crippen molar-refractivity contribution in [3.8, 4) is 22.4 Å². The van der Waals surface area contributed by atoms with Crippen molar-refractivity contribution in [3.05, 3.63) is 71.4 Å². The minimum Gasteiger partial charge on any atom is -0.444 e. The van der Waals surface area contributed by atoms with Crippen LogP contribution in [0.15, 0.2) is 54.6 Å². The Morgan fingerprint density at radius 2 is 1.46 bits per heavy atom. The molecule has 8 rings (SSSR count). The summed E-state index contributed by atoms with van der Waals surface area (Å²) >= 11 is 6.71. The maximum absolute atomic E-state index is 13.2. The summed E-state index contributed by atoms with van der Waals surface area (Å²) in [5, 5.41) is 2.57. The average molecular weight is 739 g/mol. The second kappa shape index (κ2) is 12.1. The van der Waals surface area contributed by atoms with Crippen LogP contribution in [0, 0.1) is 5.92 Å². The SMILES string of the molecule is CC(C)(C)OC(=O)N1C[Si](C)(C)C[C@H]1c1nc2ccc3cc(-c4ccc(-c5[nH]c([C@@H]6C[C@H]7C[C@H]7N6C(=O)OC(C)(C)C)nc5Cl)cc4)ccc3c2[nH]1. The van der Waals surface area contributed by atoms with Gasteiger partial charge in [-0.2, -0.15) is 0 Å². The predicted octanol–water partition coefficient (Wildman–Crippen LogP) is 10.0. The van der Waals surface area contributed by atoms with Gasteiger partial charge in [0.15, 0.2) is 5.15 Å². The largest absolute Gasteiger partial charge is 0.444 e. The molecule has 5 aromatic rings. The van der Waals surface area contributed by atoms with Gasteiger partial charge in [0.2, 0.25) is 0 Å². The summed E-state index contributed by atoms with van der Waals surface area (Å²) in [5.74, 6) is 1.99. The van der Waals surface area contributed by atoms with Crippen molar-refractivity contribution in [1.29, 1.82) is 0 Å². The number of nitrogens with one attached hydrogen (secondary N) is 2. The van der Waals surface area contributed by atoms with Crippen molar-refractivity contribution in [2.75, 3.05) is 6.17 Å². The minimum atomic E-state index is -1.65. The number of fused-ring (bicyclic) bond motifs is 4. The van der Waals surface area contributed by atoms with Gasteiger partial charge in [0.1, 0.15) is 22.9 Å². The lowest BCUT2D eigenvalue weighted by Crippen LogP contribution is -2.39. The van der Waals surface area contributed by atoms with Crippen LogP contribution in [0.3, 0.4) is 0 Å². The number of amides is 2. The molecule has 1 saturated carbocycles. The number of ether oxygens (including phenoxy) is 2. The fourth-order valence-electron chi connectivity index (χ4n) is 8.02. The molecule has 2 aromatic heterocycles. The van der Waals surface area contributed by atoms with Crippen LogP contribution in [-0.4, -0.2) is 73.4 Å². The van der Waals surface area contributed by atoms with Crippen molar-refractivity contribution >= 4 is 53.7 Å². The van der Waals surface area contributed by atoms with Crippen LogP contribution in [0.4, 0.5) is 9.59 Å². The van der Waals surface area contributed by atoms with Gasteiger partial charge in [-0.05, 0) is 95.0 Å². The van der Waals surface area contributed by atoms with E-state index in [0.29, 0.717) is 16.9 Å². The molecule has 3 aromatic carbocycles. The standard InChI is InChI=1S/C40H47ClN6O4Si/c1-39(2,3)50-37(48)46-21-52(7,8)20-31(46)36-42-28-16-14-25-17-24(13-15-27(25)33(28)44-36)22-9-11-23(12-10-22)32-34(41)45-35(43-32)30-19-26-18-29(26)47(30)38(49)51-40(4,5)6/h9-17,26,29-31H,18-21H2,1-8H3,(H,42,44)(H,43,45)/t26-,29-,30+,31+/m1/s1. The summed E-state index contributed by atoms with van der Waals surface area (Å²) in [6, 6.07) is 19.7. The molecule has 2 saturated heterocycles. The first-order valence-corrected chi connectivity index (χ1v) is 22.0. The zero-order valence-corrected chi connectivity index (χ0v) is 32.9. The monoisotopic (exact) mass is 738 g/mol. The van der Waals surface area contributed by atoms with E-state index in [0.717, 1.165) is 75.1 Å². The second-order valence-corrected chi connectivity index (χ2v) is 23.0. The van der Waals surface area contributed by atoms with Crippen LogP contribution in [0.5, 0.6) is 0 Å². The van der Waals surface area contributed by atoms with E-state index in [2.05, 4.69) is 70.5 Å². The van der Waals surface area contributed by atoms with Crippen LogP contribution >= 0.6 is 11.6 Å². The molecular formula is C40H47ClN6O4Si. The van der Waals surface area contributed by atoms with Crippen molar-refractivity contribution < 1.29 is 19.1 Å². The summed E-state index contributed by atoms with van der Waals surface area (Å²) in [7, 11) is -1.65. The van der Waals surface area contributed by atoms with Gasteiger partial charge in [0.25, 0.3) is 0 Å². The molecule has 0 radical (unpaired) electrons. The Balaban J connectivity index is 1.03. The Morgan fingerprint density at radius 1 is 0.808 bits per heavy atom. The number of aromatic nitrogens is 4. The lowest BCUT2D eigenvalue weighted by Gasteiger charge is -2.29. The Hall–Kier alpha value is -4.35. The van der Waals surface area contributed by atoms with Crippen molar-refractivity contribution in [3.63, 3.8) is 0 Å². The van der Waals surface area contributed by atoms with Gasteiger partial charge in [-0.3, -0.25) is 4.90 Å². The molecule has 272 valence electrons. The van der Waals surface area contributed by atoms with Crippen molar-refractivity contribution in [1.82, 2.24) is 29.7 Å². The quantitative estimate of drug-likeness (QED) is 0.177. The highest BCUT2D eigenvalue weighted by Gasteiger charge is 2.56. The molecule has 2 N–H and O–H groups in total. The molecule has 52 heavy (non-hydrogen) atoms. The zero-order valence-electron chi connectivity index (χ0n) is 31.1. The minimum absolute atomic E-state index is 0.135. The predicted molar refractivity (Wildman–Crippen MR) is 207 cm³/mol. The third-order valence-electron chi connectivity index (χ3n) is 10.4. The first-order valence-electron chi connectivity index (χ1n) is 18.2. The Kier molecular flexibility index (Phi) is 8.07. The maximum atomic E-state index is 13.2. The summed E-state index contributed by atoms with van der Waals surface area (Å²) < 4.78 is 11.5. The number of nitrogens with zero attached hydrogens (tertiary/aromatic N) is 4. The molecule has 4 atom stereocenters. The van der Waals surface area contributed by atoms with E-state index in [4.69, 9.17) is 26.1 Å². The number of imidazole rings is 2. The fraction of sp³-hybridized carbons (Fsp3) is 0.450. The number of hydrogen-bond acceptors (Lipinski definition) is 6. The number of rotatable bonds is 4. The number of aromatic amines is 2. The Labute approximate surface area is 310 Å². The average Bonchev–Trinajstić information content (AvgIpc) is 3.40. The zero-order chi connectivity index (χ0) is 36.9. The topological polar surface area (TPSA) is 116 Å². The Bertz CT molecular complexity index is 2220. The number of carbonyl (C=O) groups is 2.